The highest BCUT2D eigenvalue weighted by molar-refractivity contribution is 9.10. The number of aromatic nitrogens is 2. The summed E-state index contributed by atoms with van der Waals surface area (Å²) in [4.78, 5) is 11.8. The van der Waals surface area contributed by atoms with Crippen LogP contribution in [0.5, 0.6) is 0 Å². The zero-order valence-electron chi connectivity index (χ0n) is 11.7. The van der Waals surface area contributed by atoms with E-state index in [0.29, 0.717) is 10.5 Å². The molecule has 1 fully saturated rings. The minimum atomic E-state index is -0.124. The number of aryl methyl sites for hydroxylation is 1. The lowest BCUT2D eigenvalue weighted by Gasteiger charge is -2.39. The molecule has 1 aromatic heterocycles. The summed E-state index contributed by atoms with van der Waals surface area (Å²) in [5.41, 5.74) is 0.900. The summed E-state index contributed by atoms with van der Waals surface area (Å²) < 4.78 is 1.86. The summed E-state index contributed by atoms with van der Waals surface area (Å²) in [7, 11) is 1.64. The lowest BCUT2D eigenvalue weighted by Crippen LogP contribution is -2.50. The summed E-state index contributed by atoms with van der Waals surface area (Å²) >= 11 is 3.33. The Kier molecular flexibility index (Phi) is 4.30. The number of nitrogens with zero attached hydrogens (tertiary/aromatic N) is 2. The number of hydrogen-bond donors (Lipinski definition) is 2. The highest BCUT2D eigenvalue weighted by Crippen LogP contribution is 2.30. The SMILES string of the molecule is Cn1ncc(NCC2NCCCC2(C)C)c(Br)c1=O. The molecule has 0 spiro atoms. The molecular weight excluding hydrogens is 308 g/mol. The van der Waals surface area contributed by atoms with Gasteiger partial charge in [0.2, 0.25) is 0 Å². The molecule has 1 aliphatic rings. The smallest absolute Gasteiger partial charge is 0.282 e. The molecule has 0 aromatic carbocycles. The monoisotopic (exact) mass is 328 g/mol. The largest absolute Gasteiger partial charge is 0.381 e. The van der Waals surface area contributed by atoms with Crippen molar-refractivity contribution in [3.63, 3.8) is 0 Å². The molecule has 2 N–H and O–H groups in total. The highest BCUT2D eigenvalue weighted by Gasteiger charge is 2.31. The number of nitrogens with one attached hydrogen (secondary N) is 2. The molecule has 1 aliphatic heterocycles. The Hall–Kier alpha value is -0.880. The number of piperidine rings is 1. The Morgan fingerprint density at radius 3 is 3.05 bits per heavy atom. The van der Waals surface area contributed by atoms with Crippen molar-refractivity contribution in [3.8, 4) is 0 Å². The van der Waals surface area contributed by atoms with E-state index in [2.05, 4.69) is 45.5 Å². The number of halogens is 1. The first-order valence-corrected chi connectivity index (χ1v) is 7.40. The van der Waals surface area contributed by atoms with Crippen LogP contribution in [0.15, 0.2) is 15.5 Å². The molecule has 2 rings (SSSR count). The molecule has 19 heavy (non-hydrogen) atoms. The van der Waals surface area contributed by atoms with E-state index in [1.54, 1.807) is 13.2 Å². The molecular formula is C13H21BrN4O. The average Bonchev–Trinajstić information content (AvgIpc) is 2.36. The number of rotatable bonds is 3. The molecule has 0 aliphatic carbocycles. The van der Waals surface area contributed by atoms with Gasteiger partial charge >= 0.3 is 0 Å². The van der Waals surface area contributed by atoms with Gasteiger partial charge in [0.05, 0.1) is 11.9 Å². The van der Waals surface area contributed by atoms with Gasteiger partial charge in [-0.1, -0.05) is 13.8 Å². The lowest BCUT2D eigenvalue weighted by atomic mass is 9.77. The number of hydrogen-bond acceptors (Lipinski definition) is 4. The van der Waals surface area contributed by atoms with E-state index in [1.165, 1.54) is 17.5 Å². The van der Waals surface area contributed by atoms with E-state index < -0.39 is 0 Å². The van der Waals surface area contributed by atoms with Crippen LogP contribution < -0.4 is 16.2 Å². The van der Waals surface area contributed by atoms with Gasteiger partial charge < -0.3 is 10.6 Å². The fourth-order valence-corrected chi connectivity index (χ4v) is 2.96. The van der Waals surface area contributed by atoms with Crippen molar-refractivity contribution >= 4 is 21.6 Å². The Bertz CT molecular complexity index is 512. The van der Waals surface area contributed by atoms with E-state index in [4.69, 9.17) is 0 Å². The minimum absolute atomic E-state index is 0.124. The highest BCUT2D eigenvalue weighted by atomic mass is 79.9. The van der Waals surface area contributed by atoms with Crippen molar-refractivity contribution < 1.29 is 0 Å². The van der Waals surface area contributed by atoms with Gasteiger partial charge in [-0.2, -0.15) is 5.10 Å². The first-order valence-electron chi connectivity index (χ1n) is 6.61. The zero-order valence-corrected chi connectivity index (χ0v) is 13.2. The number of anilines is 1. The molecule has 2 heterocycles. The van der Waals surface area contributed by atoms with E-state index in [-0.39, 0.29) is 11.0 Å². The van der Waals surface area contributed by atoms with Crippen molar-refractivity contribution in [2.24, 2.45) is 12.5 Å². The molecule has 1 saturated heterocycles. The van der Waals surface area contributed by atoms with Crippen LogP contribution in [0.2, 0.25) is 0 Å². The van der Waals surface area contributed by atoms with E-state index in [0.717, 1.165) is 18.8 Å². The van der Waals surface area contributed by atoms with Crippen LogP contribution in [0.25, 0.3) is 0 Å². The van der Waals surface area contributed by atoms with Crippen LogP contribution in [0.3, 0.4) is 0 Å². The normalized spacial score (nSPS) is 22.2. The molecule has 1 aromatic rings. The lowest BCUT2D eigenvalue weighted by molar-refractivity contribution is 0.188. The molecule has 1 atom stereocenters. The van der Waals surface area contributed by atoms with E-state index in [1.807, 2.05) is 0 Å². The van der Waals surface area contributed by atoms with Crippen LogP contribution in [-0.2, 0) is 7.05 Å². The van der Waals surface area contributed by atoms with Crippen molar-refractivity contribution in [2.45, 2.75) is 32.7 Å². The summed E-state index contributed by atoms with van der Waals surface area (Å²) in [6, 6.07) is 0.400. The molecule has 106 valence electrons. The Morgan fingerprint density at radius 1 is 1.63 bits per heavy atom. The van der Waals surface area contributed by atoms with Crippen LogP contribution in [0, 0.1) is 5.41 Å². The van der Waals surface area contributed by atoms with Gasteiger partial charge in [-0.25, -0.2) is 4.68 Å². The molecule has 5 nitrogen and oxygen atoms in total. The fourth-order valence-electron chi connectivity index (χ4n) is 2.47. The second-order valence-electron chi connectivity index (χ2n) is 5.78. The third-order valence-corrected chi connectivity index (χ3v) is 4.67. The first kappa shape index (κ1) is 14.5. The average molecular weight is 329 g/mol. The maximum Gasteiger partial charge on any atom is 0.282 e. The second kappa shape index (κ2) is 5.63. The van der Waals surface area contributed by atoms with Crippen LogP contribution in [0.1, 0.15) is 26.7 Å². The van der Waals surface area contributed by atoms with Crippen LogP contribution >= 0.6 is 15.9 Å². The van der Waals surface area contributed by atoms with Gasteiger partial charge in [0.1, 0.15) is 4.47 Å². The second-order valence-corrected chi connectivity index (χ2v) is 6.57. The van der Waals surface area contributed by atoms with E-state index >= 15 is 0 Å². The molecule has 1 unspecified atom stereocenters. The van der Waals surface area contributed by atoms with E-state index in [9.17, 15) is 4.79 Å². The maximum absolute atomic E-state index is 11.8. The van der Waals surface area contributed by atoms with Gasteiger partial charge in [-0.3, -0.25) is 4.79 Å². The molecule has 0 radical (unpaired) electrons. The summed E-state index contributed by atoms with van der Waals surface area (Å²) in [6.07, 6.45) is 4.13. The van der Waals surface area contributed by atoms with Crippen molar-refractivity contribution in [3.05, 3.63) is 21.0 Å². The first-order chi connectivity index (χ1) is 8.92. The van der Waals surface area contributed by atoms with Crippen molar-refractivity contribution in [1.82, 2.24) is 15.1 Å². The van der Waals surface area contributed by atoms with Gasteiger partial charge in [0.25, 0.3) is 5.56 Å². The van der Waals surface area contributed by atoms with Crippen LogP contribution in [-0.4, -0.2) is 28.9 Å². The Balaban J connectivity index is 2.07. The summed E-state index contributed by atoms with van der Waals surface area (Å²) in [5.74, 6) is 0. The van der Waals surface area contributed by atoms with Gasteiger partial charge in [-0.05, 0) is 40.7 Å². The summed E-state index contributed by atoms with van der Waals surface area (Å²) in [6.45, 7) is 6.41. The standard InChI is InChI=1S/C13H21BrN4O/c1-13(2)5-4-6-15-10(13)8-16-9-7-17-18(3)12(19)11(9)14/h7,10,15-16H,4-6,8H2,1-3H3. The van der Waals surface area contributed by atoms with Gasteiger partial charge in [0, 0.05) is 19.6 Å². The van der Waals surface area contributed by atoms with Gasteiger partial charge in [0.15, 0.2) is 0 Å². The molecule has 0 amide bonds. The predicted molar refractivity (Wildman–Crippen MR) is 80.5 cm³/mol. The Morgan fingerprint density at radius 2 is 2.37 bits per heavy atom. The van der Waals surface area contributed by atoms with Crippen LogP contribution in [0.4, 0.5) is 5.69 Å². The molecule has 0 bridgehead atoms. The van der Waals surface area contributed by atoms with Crippen molar-refractivity contribution in [1.29, 1.82) is 0 Å². The minimum Gasteiger partial charge on any atom is -0.381 e. The zero-order chi connectivity index (χ0) is 14.0. The molecule has 6 heteroatoms. The van der Waals surface area contributed by atoms with Gasteiger partial charge in [-0.15, -0.1) is 0 Å². The predicted octanol–water partition coefficient (Wildman–Crippen LogP) is 1.73. The summed E-state index contributed by atoms with van der Waals surface area (Å²) in [5, 5.41) is 10.9. The maximum atomic E-state index is 11.8. The third-order valence-electron chi connectivity index (χ3n) is 3.91. The topological polar surface area (TPSA) is 59.0 Å². The van der Waals surface area contributed by atoms with Crippen molar-refractivity contribution in [2.75, 3.05) is 18.4 Å². The quantitative estimate of drug-likeness (QED) is 0.887. The third kappa shape index (κ3) is 3.17. The molecule has 0 saturated carbocycles. The fraction of sp³-hybridized carbons (Fsp3) is 0.692. The Labute approximate surface area is 121 Å².